The molecule has 0 aliphatic heterocycles. The zero-order valence-electron chi connectivity index (χ0n) is 10.1. The monoisotopic (exact) mass is 386 g/mol. The first-order chi connectivity index (χ1) is 7.84. The van der Waals surface area contributed by atoms with Crippen LogP contribution in [-0.4, -0.2) is 65.4 Å². The molecule has 0 aromatic heterocycles. The molecular weight excluding hydrogens is 371 g/mol. The Morgan fingerprint density at radius 2 is 1.56 bits per heavy atom. The van der Waals surface area contributed by atoms with Gasteiger partial charge < -0.3 is 0 Å². The van der Waals surface area contributed by atoms with Gasteiger partial charge in [-0.3, -0.25) is 0 Å². The van der Waals surface area contributed by atoms with Gasteiger partial charge in [0.2, 0.25) is 0 Å². The second-order valence-corrected chi connectivity index (χ2v) is 4.98. The fourth-order valence-electron chi connectivity index (χ4n) is 1.28. The minimum atomic E-state index is -5.07. The van der Waals surface area contributed by atoms with Gasteiger partial charge in [-0.15, -0.1) is 0 Å². The summed E-state index contributed by atoms with van der Waals surface area (Å²) in [6.07, 6.45) is -12.1. The summed E-state index contributed by atoms with van der Waals surface area (Å²) >= 11 is -0.0480. The average molecular weight is 385 g/mol. The van der Waals surface area contributed by atoms with E-state index in [9.17, 15) is 26.3 Å². The van der Waals surface area contributed by atoms with Gasteiger partial charge >= 0.3 is 115 Å². The van der Waals surface area contributed by atoms with Crippen molar-refractivity contribution in [3.63, 3.8) is 0 Å². The standard InChI is InChI=1S/C9H14F6NO.Sn/c1-6(2)16(3)5-7(17,9(13,14)15)4-8(10,11)12;/h6H,4-5H2,1-3H3;/q-1;+1. The van der Waals surface area contributed by atoms with Crippen LogP contribution in [0.3, 0.4) is 0 Å². The van der Waals surface area contributed by atoms with Gasteiger partial charge in [-0.2, -0.15) is 0 Å². The summed E-state index contributed by atoms with van der Waals surface area (Å²) in [7, 11) is 1.33. The van der Waals surface area contributed by atoms with Crippen molar-refractivity contribution >= 4 is 22.9 Å². The molecule has 18 heavy (non-hydrogen) atoms. The number of hydrogen-bond acceptors (Lipinski definition) is 2. The fraction of sp³-hybridized carbons (Fsp3) is 1.00. The third kappa shape index (κ3) is 5.12. The summed E-state index contributed by atoms with van der Waals surface area (Å²) < 4.78 is 80.0. The topological polar surface area (TPSA) is 12.5 Å². The predicted molar refractivity (Wildman–Crippen MR) is 54.1 cm³/mol. The zero-order chi connectivity index (χ0) is 14.8. The quantitative estimate of drug-likeness (QED) is 0.534. The molecule has 3 radical (unpaired) electrons. The summed E-state index contributed by atoms with van der Waals surface area (Å²) in [4.78, 5) is 1.18. The maximum absolute atomic E-state index is 12.9. The van der Waals surface area contributed by atoms with Gasteiger partial charge in [0.15, 0.2) is 0 Å². The Morgan fingerprint density at radius 3 is 1.78 bits per heavy atom. The van der Waals surface area contributed by atoms with Crippen LogP contribution >= 0.6 is 0 Å². The van der Waals surface area contributed by atoms with Crippen LogP contribution in [0.4, 0.5) is 26.3 Å². The van der Waals surface area contributed by atoms with Crippen molar-refractivity contribution in [1.82, 2.24) is 4.90 Å². The third-order valence-electron chi connectivity index (χ3n) is 2.58. The molecular formula is C9H14F6NOSn. The molecule has 0 aliphatic rings. The Balaban J connectivity index is 5.26. The van der Waals surface area contributed by atoms with Crippen molar-refractivity contribution in [2.45, 2.75) is 44.3 Å². The van der Waals surface area contributed by atoms with Crippen LogP contribution in [0.2, 0.25) is 0 Å². The normalized spacial score (nSPS) is 17.3. The first-order valence-corrected chi connectivity index (χ1v) is 6.19. The molecule has 0 amide bonds. The van der Waals surface area contributed by atoms with Crippen molar-refractivity contribution in [3.05, 3.63) is 0 Å². The number of hydrogen-bond donors (Lipinski definition) is 0. The minimum absolute atomic E-state index is 0.0480. The van der Waals surface area contributed by atoms with Gasteiger partial charge in [-0.25, -0.2) is 0 Å². The van der Waals surface area contributed by atoms with E-state index in [2.05, 4.69) is 3.07 Å². The molecule has 0 heterocycles. The van der Waals surface area contributed by atoms with Gasteiger partial charge in [0, 0.05) is 0 Å². The second kappa shape index (κ2) is 6.17. The van der Waals surface area contributed by atoms with E-state index in [-0.39, 0.29) is 29.0 Å². The van der Waals surface area contributed by atoms with Crippen LogP contribution < -0.4 is 0 Å². The van der Waals surface area contributed by atoms with Gasteiger partial charge in [-0.1, -0.05) is 0 Å². The molecule has 0 fully saturated rings. The first kappa shape index (κ1) is 18.3. The van der Waals surface area contributed by atoms with Crippen LogP contribution in [0.5, 0.6) is 0 Å². The molecule has 0 spiro atoms. The zero-order valence-corrected chi connectivity index (χ0v) is 13.0. The third-order valence-corrected chi connectivity index (χ3v) is 3.70. The average Bonchev–Trinajstić information content (AvgIpc) is 2.12. The van der Waals surface area contributed by atoms with Crippen molar-refractivity contribution < 1.29 is 29.4 Å². The van der Waals surface area contributed by atoms with Crippen molar-refractivity contribution in [1.29, 1.82) is 0 Å². The predicted octanol–water partition coefficient (Wildman–Crippen LogP) is 2.68. The summed E-state index contributed by atoms with van der Waals surface area (Å²) in [6, 6.07) is -0.314. The Morgan fingerprint density at radius 1 is 1.11 bits per heavy atom. The molecule has 0 bridgehead atoms. The number of rotatable bonds is 5. The summed E-state index contributed by atoms with van der Waals surface area (Å²) in [5.74, 6) is 0. The Hall–Kier alpha value is 0.299. The molecule has 0 N–H and O–H groups in total. The van der Waals surface area contributed by atoms with E-state index in [4.69, 9.17) is 0 Å². The number of alkyl halides is 6. The van der Waals surface area contributed by atoms with E-state index in [1.54, 1.807) is 13.8 Å². The Bertz CT molecular complexity index is 267. The first-order valence-electron chi connectivity index (χ1n) is 5.03. The summed E-state index contributed by atoms with van der Waals surface area (Å²) in [6.45, 7) is 2.34. The van der Waals surface area contributed by atoms with Crippen LogP contribution in [0.25, 0.3) is 0 Å². The molecule has 0 aliphatic carbocycles. The van der Waals surface area contributed by atoms with E-state index in [1.807, 2.05) is 0 Å². The van der Waals surface area contributed by atoms with E-state index in [0.29, 0.717) is 0 Å². The van der Waals surface area contributed by atoms with Crippen LogP contribution in [0, 0.1) is 0 Å². The van der Waals surface area contributed by atoms with Crippen molar-refractivity contribution in [2.24, 2.45) is 0 Å². The molecule has 2 nitrogen and oxygen atoms in total. The molecule has 9 heteroatoms. The molecule has 0 saturated heterocycles. The Kier molecular flexibility index (Phi) is 6.27. The van der Waals surface area contributed by atoms with Crippen LogP contribution in [-0.2, 0) is 3.07 Å². The van der Waals surface area contributed by atoms with Crippen molar-refractivity contribution in [3.8, 4) is 0 Å². The van der Waals surface area contributed by atoms with Gasteiger partial charge in [0.05, 0.1) is 0 Å². The SMILES string of the molecule is CC(C)N(C)CC(CC(F)(F)F)([O][Sn])C(F)(F)F. The molecule has 0 rings (SSSR count). The fourth-order valence-corrected chi connectivity index (χ4v) is 2.00. The van der Waals surface area contributed by atoms with Gasteiger partial charge in [0.1, 0.15) is 0 Å². The molecule has 0 aromatic carbocycles. The summed E-state index contributed by atoms with van der Waals surface area (Å²) in [5.41, 5.74) is -3.19. The van der Waals surface area contributed by atoms with E-state index in [0.717, 1.165) is 0 Å². The molecule has 1 unspecified atom stereocenters. The van der Waals surface area contributed by atoms with E-state index in [1.165, 1.54) is 11.9 Å². The second-order valence-electron chi connectivity index (χ2n) is 4.39. The van der Waals surface area contributed by atoms with Crippen molar-refractivity contribution in [2.75, 3.05) is 13.6 Å². The molecule has 0 saturated carbocycles. The van der Waals surface area contributed by atoms with E-state index < -0.39 is 30.9 Å². The van der Waals surface area contributed by atoms with E-state index >= 15 is 0 Å². The number of likely N-dealkylation sites (N-methyl/N-ethyl adjacent to an activating group) is 1. The summed E-state index contributed by atoms with van der Waals surface area (Å²) in [5, 5.41) is 0. The number of nitrogens with zero attached hydrogens (tertiary/aromatic N) is 1. The molecule has 107 valence electrons. The Labute approximate surface area is 115 Å². The van der Waals surface area contributed by atoms with Gasteiger partial charge in [-0.05, 0) is 0 Å². The molecule has 1 atom stereocenters. The van der Waals surface area contributed by atoms with Crippen LogP contribution in [0.1, 0.15) is 20.3 Å². The van der Waals surface area contributed by atoms with Crippen LogP contribution in [0.15, 0.2) is 0 Å². The van der Waals surface area contributed by atoms with Gasteiger partial charge in [0.25, 0.3) is 0 Å². The number of halogens is 6. The maximum atomic E-state index is 12.9. The molecule has 0 aromatic rings.